The molecule has 0 saturated heterocycles. The number of hydrogen-bond donors (Lipinski definition) is 0. The van der Waals surface area contributed by atoms with Crippen LogP contribution in [0.15, 0.2) is 60.7 Å². The average Bonchev–Trinajstić information content (AvgIpc) is 2.73. The zero-order valence-electron chi connectivity index (χ0n) is 19.4. The van der Waals surface area contributed by atoms with Gasteiger partial charge in [-0.2, -0.15) is 0 Å². The van der Waals surface area contributed by atoms with Gasteiger partial charge < -0.3 is 0 Å². The second-order valence-corrected chi connectivity index (χ2v) is 10.6. The smallest absolute Gasteiger partial charge is 0.256 e. The van der Waals surface area contributed by atoms with E-state index in [2.05, 4.69) is 59.7 Å². The molecule has 166 valence electrons. The lowest BCUT2D eigenvalue weighted by molar-refractivity contribution is 0.524. The molecule has 0 bridgehead atoms. The van der Waals surface area contributed by atoms with Crippen LogP contribution in [0.5, 0.6) is 11.5 Å². The van der Waals surface area contributed by atoms with Crippen LogP contribution in [0.25, 0.3) is 22.3 Å². The van der Waals surface area contributed by atoms with E-state index in [0.29, 0.717) is 11.5 Å². The molecular weight excluding hydrogens is 438 g/mol. The van der Waals surface area contributed by atoms with E-state index in [0.717, 1.165) is 22.3 Å². The van der Waals surface area contributed by atoms with Gasteiger partial charge in [0.1, 0.15) is 0 Å². The molecule has 0 N–H and O–H groups in total. The van der Waals surface area contributed by atoms with E-state index >= 15 is 0 Å². The summed E-state index contributed by atoms with van der Waals surface area (Å²) < 4.78 is 32.4. The number of rotatable bonds is 6. The quantitative estimate of drug-likeness (QED) is 0.342. The predicted octanol–water partition coefficient (Wildman–Crippen LogP) is 8.25. The van der Waals surface area contributed by atoms with Crippen LogP contribution in [0.3, 0.4) is 0 Å². The summed E-state index contributed by atoms with van der Waals surface area (Å²) in [5.41, 5.74) is 6.61. The molecule has 32 heavy (non-hydrogen) atoms. The largest absolute Gasteiger partial charge is 0.542 e. The normalized spacial score (nSPS) is 12.2. The van der Waals surface area contributed by atoms with Gasteiger partial charge in [-0.05, 0) is 83.7 Å². The maximum atomic E-state index is 11.1. The first-order chi connectivity index (χ1) is 15.0. The van der Waals surface area contributed by atoms with Gasteiger partial charge in [0.2, 0.25) is 0 Å². The molecule has 0 radical (unpaired) electrons. The molecule has 0 saturated carbocycles. The van der Waals surface area contributed by atoms with E-state index < -0.39 is 17.4 Å². The highest BCUT2D eigenvalue weighted by Crippen LogP contribution is 2.42. The van der Waals surface area contributed by atoms with Crippen molar-refractivity contribution >= 4 is 17.4 Å². The Labute approximate surface area is 193 Å². The summed E-state index contributed by atoms with van der Waals surface area (Å²) in [6.45, 7) is 13.3. The summed E-state index contributed by atoms with van der Waals surface area (Å²) in [6.07, 6.45) is 0. The van der Waals surface area contributed by atoms with Crippen LogP contribution in [-0.2, 0) is 20.0 Å². The molecular formula is C26H30O4P2+2. The highest BCUT2D eigenvalue weighted by atomic mass is 31.1. The minimum absolute atomic E-state index is 0.0358. The first-order valence-electron chi connectivity index (χ1n) is 10.5. The first kappa shape index (κ1) is 24.1. The van der Waals surface area contributed by atoms with Gasteiger partial charge in [-0.25, -0.2) is 0 Å². The fourth-order valence-corrected chi connectivity index (χ4v) is 4.18. The van der Waals surface area contributed by atoms with Gasteiger partial charge in [-0.15, -0.1) is 0 Å². The van der Waals surface area contributed by atoms with E-state index in [9.17, 15) is 9.13 Å². The van der Waals surface area contributed by atoms with Crippen molar-refractivity contribution in [2.75, 3.05) is 0 Å². The van der Waals surface area contributed by atoms with E-state index in [1.807, 2.05) is 30.3 Å². The predicted molar refractivity (Wildman–Crippen MR) is 134 cm³/mol. The zero-order chi connectivity index (χ0) is 23.5. The lowest BCUT2D eigenvalue weighted by atomic mass is 9.76. The average molecular weight is 468 g/mol. The third-order valence-electron chi connectivity index (χ3n) is 5.46. The third kappa shape index (κ3) is 5.44. The molecule has 0 heterocycles. The van der Waals surface area contributed by atoms with Gasteiger partial charge in [-0.3, -0.25) is 9.05 Å². The van der Waals surface area contributed by atoms with Crippen LogP contribution in [0.2, 0.25) is 0 Å². The van der Waals surface area contributed by atoms with Crippen LogP contribution < -0.4 is 9.05 Å². The fraction of sp³-hybridized carbons (Fsp3) is 0.308. The molecule has 4 nitrogen and oxygen atoms in total. The van der Waals surface area contributed by atoms with Gasteiger partial charge in [0, 0.05) is 0 Å². The van der Waals surface area contributed by atoms with Crippen LogP contribution in [-0.4, -0.2) is 0 Å². The molecule has 3 rings (SSSR count). The van der Waals surface area contributed by atoms with Gasteiger partial charge in [-0.1, -0.05) is 71.9 Å². The number of benzene rings is 3. The Hall–Kier alpha value is -2.54. The molecule has 0 aliphatic rings. The summed E-state index contributed by atoms with van der Waals surface area (Å²) in [7, 11) is -1.71. The molecule has 0 spiro atoms. The lowest BCUT2D eigenvalue weighted by Crippen LogP contribution is -2.17. The van der Waals surface area contributed by atoms with Crippen LogP contribution in [0.4, 0.5) is 0 Å². The Bertz CT molecular complexity index is 1120. The van der Waals surface area contributed by atoms with Crippen LogP contribution in [0.1, 0.15) is 52.7 Å². The molecule has 2 atom stereocenters. The van der Waals surface area contributed by atoms with E-state index in [-0.39, 0.29) is 10.8 Å². The highest BCUT2D eigenvalue weighted by Gasteiger charge is 2.24. The number of hydrogen-bond acceptors (Lipinski definition) is 4. The van der Waals surface area contributed by atoms with Crippen molar-refractivity contribution < 1.29 is 18.2 Å². The summed E-state index contributed by atoms with van der Waals surface area (Å²) in [5.74, 6) is 1.12. The van der Waals surface area contributed by atoms with Crippen LogP contribution >= 0.6 is 17.4 Å². The summed E-state index contributed by atoms with van der Waals surface area (Å²) in [6, 6.07) is 19.9. The molecule has 0 fully saturated rings. The molecule has 3 aromatic carbocycles. The Kier molecular flexibility index (Phi) is 7.18. The summed E-state index contributed by atoms with van der Waals surface area (Å²) in [4.78, 5) is 0. The van der Waals surface area contributed by atoms with E-state index in [1.165, 1.54) is 11.1 Å². The van der Waals surface area contributed by atoms with Crippen molar-refractivity contribution in [1.29, 1.82) is 0 Å². The van der Waals surface area contributed by atoms with E-state index in [4.69, 9.17) is 9.05 Å². The third-order valence-corrected chi connectivity index (χ3v) is 6.10. The summed E-state index contributed by atoms with van der Waals surface area (Å²) >= 11 is 0. The molecule has 2 unspecified atom stereocenters. The lowest BCUT2D eigenvalue weighted by Gasteiger charge is -2.28. The van der Waals surface area contributed by atoms with Crippen molar-refractivity contribution in [3.8, 4) is 33.8 Å². The Morgan fingerprint density at radius 1 is 0.594 bits per heavy atom. The van der Waals surface area contributed by atoms with Gasteiger partial charge >= 0.3 is 17.4 Å². The maximum Gasteiger partial charge on any atom is 0.542 e. The highest BCUT2D eigenvalue weighted by molar-refractivity contribution is 7.18. The van der Waals surface area contributed by atoms with Crippen molar-refractivity contribution in [1.82, 2.24) is 0 Å². The second kappa shape index (κ2) is 9.53. The van der Waals surface area contributed by atoms with E-state index in [1.54, 1.807) is 12.1 Å². The first-order valence-corrected chi connectivity index (χ1v) is 12.2. The molecule has 3 aromatic rings. The van der Waals surface area contributed by atoms with Crippen molar-refractivity contribution in [3.05, 3.63) is 71.8 Å². The fourth-order valence-electron chi connectivity index (χ4n) is 3.73. The Morgan fingerprint density at radius 2 is 1.16 bits per heavy atom. The standard InChI is InChI=1S/C26H30O4P2/c1-25(2,3)18-9-13-22(24(15-18)26(4,5)6)23-16-20(30-32-28)12-14-21(23)17-7-10-19(11-8-17)29-31-27/h7-16,31-32H,1-6H3/q+2. The Morgan fingerprint density at radius 3 is 1.72 bits per heavy atom. The van der Waals surface area contributed by atoms with Crippen molar-refractivity contribution in [3.63, 3.8) is 0 Å². The van der Waals surface area contributed by atoms with Gasteiger partial charge in [0.15, 0.2) is 11.5 Å². The molecule has 0 aromatic heterocycles. The topological polar surface area (TPSA) is 52.6 Å². The van der Waals surface area contributed by atoms with Gasteiger partial charge in [0.05, 0.1) is 0 Å². The monoisotopic (exact) mass is 468 g/mol. The molecule has 0 aliphatic heterocycles. The molecule has 0 aliphatic carbocycles. The minimum Gasteiger partial charge on any atom is -0.256 e. The zero-order valence-corrected chi connectivity index (χ0v) is 21.4. The SMILES string of the molecule is CC(C)(C)c1ccc(-c2cc(O[PH+]=O)ccc2-c2ccc(O[PH+]=O)cc2)c(C(C)(C)C)c1. The minimum atomic E-state index is -0.868. The maximum absolute atomic E-state index is 11.1. The second-order valence-electron chi connectivity index (χ2n) is 9.86. The van der Waals surface area contributed by atoms with Gasteiger partial charge in [0.25, 0.3) is 0 Å². The van der Waals surface area contributed by atoms with Crippen LogP contribution in [0, 0.1) is 0 Å². The molecule has 0 amide bonds. The van der Waals surface area contributed by atoms with Crippen molar-refractivity contribution in [2.45, 2.75) is 52.4 Å². The Balaban J connectivity index is 2.26. The molecule has 6 heteroatoms. The summed E-state index contributed by atoms with van der Waals surface area (Å²) in [5, 5.41) is 0. The van der Waals surface area contributed by atoms with Crippen molar-refractivity contribution in [2.24, 2.45) is 0 Å².